The number of hydrogen-bond donors (Lipinski definition) is 1. The van der Waals surface area contributed by atoms with Crippen molar-refractivity contribution >= 4 is 17.5 Å². The Kier molecular flexibility index (Phi) is 6.97. The molecule has 1 aliphatic heterocycles. The van der Waals surface area contributed by atoms with Crippen LogP contribution in [0.2, 0.25) is 0 Å². The Hall–Kier alpha value is -3.03. The monoisotopic (exact) mass is 427 g/mol. The Bertz CT molecular complexity index is 1190. The summed E-state index contributed by atoms with van der Waals surface area (Å²) in [5.41, 5.74) is 7.81. The maximum absolute atomic E-state index is 4.30. The second-order valence-electron chi connectivity index (χ2n) is 8.78. The largest absolute Gasteiger partial charge is 0.334 e. The van der Waals surface area contributed by atoms with Crippen LogP contribution >= 0.6 is 0 Å². The summed E-state index contributed by atoms with van der Waals surface area (Å²) in [6.45, 7) is 8.24. The van der Waals surface area contributed by atoms with E-state index < -0.39 is 0 Å². The molecule has 0 unspecified atom stereocenters. The molecular weight excluding hydrogens is 394 g/mol. The van der Waals surface area contributed by atoms with Gasteiger partial charge < -0.3 is 14.8 Å². The first-order chi connectivity index (χ1) is 15.5. The van der Waals surface area contributed by atoms with Gasteiger partial charge in [0.2, 0.25) is 0 Å². The van der Waals surface area contributed by atoms with E-state index in [0.29, 0.717) is 6.04 Å². The number of allylic oxidation sites excluding steroid dienone is 1. The van der Waals surface area contributed by atoms with Gasteiger partial charge in [0.15, 0.2) is 0 Å². The summed E-state index contributed by atoms with van der Waals surface area (Å²) in [4.78, 5) is 9.21. The van der Waals surface area contributed by atoms with Crippen molar-refractivity contribution < 1.29 is 0 Å². The molecule has 0 atom stereocenters. The number of piperidine rings is 1. The van der Waals surface area contributed by atoms with Crippen molar-refractivity contribution in [2.24, 2.45) is 0 Å². The molecule has 2 aliphatic rings. The predicted molar refractivity (Wildman–Crippen MR) is 133 cm³/mol. The highest BCUT2D eigenvalue weighted by Gasteiger charge is 2.20. The van der Waals surface area contributed by atoms with Gasteiger partial charge in [-0.25, -0.2) is 0 Å². The predicted octanol–water partition coefficient (Wildman–Crippen LogP) is 2.31. The van der Waals surface area contributed by atoms with Crippen molar-refractivity contribution in [1.29, 1.82) is 0 Å². The highest BCUT2D eigenvalue weighted by molar-refractivity contribution is 5.52. The van der Waals surface area contributed by atoms with E-state index in [-0.39, 0.29) is 0 Å². The van der Waals surface area contributed by atoms with Crippen LogP contribution in [-0.2, 0) is 6.54 Å². The van der Waals surface area contributed by atoms with E-state index in [1.54, 1.807) is 6.20 Å². The molecule has 1 N–H and O–H groups in total. The van der Waals surface area contributed by atoms with E-state index in [4.69, 9.17) is 0 Å². The van der Waals surface area contributed by atoms with Crippen molar-refractivity contribution in [1.82, 2.24) is 19.4 Å². The maximum Gasteiger partial charge on any atom is 0.0955 e. The number of rotatable bonds is 5. The number of aromatic nitrogens is 2. The van der Waals surface area contributed by atoms with E-state index in [0.717, 1.165) is 48.5 Å². The van der Waals surface area contributed by atoms with Crippen LogP contribution in [0.4, 0.5) is 5.69 Å². The van der Waals surface area contributed by atoms with Crippen LogP contribution in [0.5, 0.6) is 0 Å². The van der Waals surface area contributed by atoms with Gasteiger partial charge in [-0.15, -0.1) is 5.73 Å². The van der Waals surface area contributed by atoms with Gasteiger partial charge in [0, 0.05) is 41.7 Å². The molecule has 2 aromatic rings. The quantitative estimate of drug-likeness (QED) is 0.587. The molecule has 0 bridgehead atoms. The molecule has 0 saturated carbocycles. The Balaban J connectivity index is 1.56. The highest BCUT2D eigenvalue weighted by Crippen LogP contribution is 2.15. The molecule has 2 aromatic heterocycles. The number of likely N-dealkylation sites (tertiary alicyclic amines) is 1. The summed E-state index contributed by atoms with van der Waals surface area (Å²) in [6, 6.07) is 9.92. The zero-order chi connectivity index (χ0) is 22.5. The van der Waals surface area contributed by atoms with Crippen LogP contribution in [0.15, 0.2) is 42.1 Å². The van der Waals surface area contributed by atoms with Gasteiger partial charge in [-0.2, -0.15) is 0 Å². The summed E-state index contributed by atoms with van der Waals surface area (Å²) in [7, 11) is 4.38. The molecule has 1 fully saturated rings. The van der Waals surface area contributed by atoms with Gasteiger partial charge in [-0.1, -0.05) is 6.08 Å². The lowest BCUT2D eigenvalue weighted by Gasteiger charge is -2.35. The lowest BCUT2D eigenvalue weighted by atomic mass is 10.0. The smallest absolute Gasteiger partial charge is 0.0955 e. The zero-order valence-corrected chi connectivity index (χ0v) is 19.7. The van der Waals surface area contributed by atoms with Crippen LogP contribution in [-0.4, -0.2) is 59.1 Å². The summed E-state index contributed by atoms with van der Waals surface area (Å²) in [6.07, 6.45) is 10.8. The summed E-state index contributed by atoms with van der Waals surface area (Å²) in [5.74, 6) is 3.28. The van der Waals surface area contributed by atoms with E-state index in [1.807, 2.05) is 19.1 Å². The van der Waals surface area contributed by atoms with Crippen LogP contribution < -0.4 is 15.9 Å². The van der Waals surface area contributed by atoms with Gasteiger partial charge in [-0.05, 0) is 90.1 Å². The Morgan fingerprint density at radius 2 is 2.06 bits per heavy atom. The molecule has 4 rings (SSSR count). The first-order valence-corrected chi connectivity index (χ1v) is 11.5. The van der Waals surface area contributed by atoms with E-state index in [9.17, 15) is 0 Å². The SMILES string of the molecule is CCn1c(C#CNc2ccc(C)nc2)cc2c1=CC=CC(CN1CCC(N(C)C)CC1)=C=2. The summed E-state index contributed by atoms with van der Waals surface area (Å²) >= 11 is 0. The number of hydrogen-bond acceptors (Lipinski definition) is 4. The summed E-state index contributed by atoms with van der Waals surface area (Å²) in [5, 5.41) is 5.44. The van der Waals surface area contributed by atoms with Gasteiger partial charge in [0.25, 0.3) is 0 Å². The Morgan fingerprint density at radius 3 is 2.75 bits per heavy atom. The average molecular weight is 428 g/mol. The van der Waals surface area contributed by atoms with E-state index in [2.05, 4.69) is 87.7 Å². The molecule has 1 aliphatic carbocycles. The molecule has 0 amide bonds. The molecule has 0 radical (unpaired) electrons. The Labute approximate surface area is 191 Å². The normalized spacial score (nSPS) is 16.3. The lowest BCUT2D eigenvalue weighted by Crippen LogP contribution is -2.42. The molecule has 5 nitrogen and oxygen atoms in total. The Morgan fingerprint density at radius 1 is 1.25 bits per heavy atom. The number of nitrogens with zero attached hydrogens (tertiary/aromatic N) is 4. The molecule has 1 saturated heterocycles. The molecule has 3 heterocycles. The van der Waals surface area contributed by atoms with E-state index >= 15 is 0 Å². The third kappa shape index (κ3) is 5.23. The van der Waals surface area contributed by atoms with Gasteiger partial charge in [0.1, 0.15) is 0 Å². The minimum atomic E-state index is 0.706. The maximum atomic E-state index is 4.30. The second-order valence-corrected chi connectivity index (χ2v) is 8.78. The fourth-order valence-corrected chi connectivity index (χ4v) is 4.39. The third-order valence-electron chi connectivity index (χ3n) is 6.29. The summed E-state index contributed by atoms with van der Waals surface area (Å²) < 4.78 is 2.25. The van der Waals surface area contributed by atoms with Crippen molar-refractivity contribution in [3.05, 3.63) is 64.1 Å². The van der Waals surface area contributed by atoms with Crippen LogP contribution in [0.3, 0.4) is 0 Å². The number of nitrogens with one attached hydrogen (secondary N) is 1. The first kappa shape index (κ1) is 22.2. The molecular formula is C27H33N5. The van der Waals surface area contributed by atoms with Gasteiger partial charge in [-0.3, -0.25) is 9.88 Å². The van der Waals surface area contributed by atoms with Crippen LogP contribution in [0.25, 0.3) is 11.8 Å². The standard InChI is InChI=1S/C27H33N5/c1-5-32-26(11-14-28-24-10-9-21(2)29-19-24)18-23-17-22(7-6-8-27(23)32)20-31-15-12-25(13-16-31)30(3)4/h6-10,18-19,25,28H,5,12-13,15-16,20H2,1-4H3. The number of pyridine rings is 1. The number of anilines is 1. The second kappa shape index (κ2) is 10.1. The zero-order valence-electron chi connectivity index (χ0n) is 19.7. The minimum absolute atomic E-state index is 0.706. The molecule has 32 heavy (non-hydrogen) atoms. The average Bonchev–Trinajstić information content (AvgIpc) is 2.98. The highest BCUT2D eigenvalue weighted by atomic mass is 15.2. The van der Waals surface area contributed by atoms with Crippen LogP contribution in [0.1, 0.15) is 31.2 Å². The first-order valence-electron chi connectivity index (χ1n) is 11.5. The minimum Gasteiger partial charge on any atom is -0.334 e. The molecule has 166 valence electrons. The van der Waals surface area contributed by atoms with Crippen molar-refractivity contribution in [3.63, 3.8) is 0 Å². The van der Waals surface area contributed by atoms with Crippen molar-refractivity contribution in [2.75, 3.05) is 39.0 Å². The molecule has 5 heteroatoms. The lowest BCUT2D eigenvalue weighted by molar-refractivity contribution is 0.154. The fraction of sp³-hybridized carbons (Fsp3) is 0.407. The van der Waals surface area contributed by atoms with Gasteiger partial charge in [0.05, 0.1) is 22.9 Å². The molecule has 0 aromatic carbocycles. The van der Waals surface area contributed by atoms with E-state index in [1.165, 1.54) is 23.8 Å². The topological polar surface area (TPSA) is 36.3 Å². The molecule has 0 spiro atoms. The number of fused-ring (bicyclic) bond motifs is 1. The van der Waals surface area contributed by atoms with Crippen molar-refractivity contribution in [2.45, 2.75) is 39.3 Å². The number of aryl methyl sites for hydroxylation is 1. The fourth-order valence-electron chi connectivity index (χ4n) is 4.39. The van der Waals surface area contributed by atoms with Crippen LogP contribution in [0, 0.1) is 18.9 Å². The van der Waals surface area contributed by atoms with Crippen molar-refractivity contribution in [3.8, 4) is 12.0 Å². The van der Waals surface area contributed by atoms with Gasteiger partial charge >= 0.3 is 0 Å². The third-order valence-corrected chi connectivity index (χ3v) is 6.29.